The zero-order valence-electron chi connectivity index (χ0n) is 12.0. The molecule has 2 fully saturated rings. The van der Waals surface area contributed by atoms with Crippen LogP contribution in [0.2, 0.25) is 0 Å². The Kier molecular flexibility index (Phi) is 5.40. The maximum Gasteiger partial charge on any atom is 0.310 e. The molecule has 0 aromatic heterocycles. The molecule has 0 radical (unpaired) electrons. The first-order valence-electron chi connectivity index (χ1n) is 7.73. The fourth-order valence-electron chi connectivity index (χ4n) is 3.30. The highest BCUT2D eigenvalue weighted by atomic mass is 16.5. The van der Waals surface area contributed by atoms with E-state index in [1.54, 1.807) is 0 Å². The van der Waals surface area contributed by atoms with Gasteiger partial charge in [0.2, 0.25) is 5.91 Å². The Hall–Kier alpha value is -1.10. The minimum absolute atomic E-state index is 0.110. The number of carbonyl (C=O) groups excluding carboxylic acids is 1. The summed E-state index contributed by atoms with van der Waals surface area (Å²) in [4.78, 5) is 23.8. The summed E-state index contributed by atoms with van der Waals surface area (Å²) in [6.45, 7) is 1.35. The van der Waals surface area contributed by atoms with E-state index in [2.05, 4.69) is 5.32 Å². The molecular formula is C15H25NO4. The predicted molar refractivity (Wildman–Crippen MR) is 74.4 cm³/mol. The monoisotopic (exact) mass is 283 g/mol. The van der Waals surface area contributed by atoms with Crippen molar-refractivity contribution in [2.24, 2.45) is 5.41 Å². The molecular weight excluding hydrogens is 258 g/mol. The van der Waals surface area contributed by atoms with E-state index in [-0.39, 0.29) is 18.4 Å². The number of carboxylic acids is 1. The number of carboxylic acid groups (broad SMARTS) is 1. The van der Waals surface area contributed by atoms with Gasteiger partial charge in [-0.05, 0) is 25.7 Å². The number of nitrogens with one attached hydrogen (secondary N) is 1. The van der Waals surface area contributed by atoms with Gasteiger partial charge in [-0.15, -0.1) is 0 Å². The van der Waals surface area contributed by atoms with Gasteiger partial charge in [-0.25, -0.2) is 0 Å². The van der Waals surface area contributed by atoms with Gasteiger partial charge in [-0.3, -0.25) is 9.59 Å². The first kappa shape index (κ1) is 15.3. The zero-order valence-corrected chi connectivity index (χ0v) is 12.0. The van der Waals surface area contributed by atoms with E-state index in [9.17, 15) is 14.7 Å². The summed E-state index contributed by atoms with van der Waals surface area (Å²) in [5, 5.41) is 12.6. The van der Waals surface area contributed by atoms with Gasteiger partial charge in [0.1, 0.15) is 0 Å². The van der Waals surface area contributed by atoms with E-state index in [1.165, 1.54) is 0 Å². The molecule has 0 unspecified atom stereocenters. The Labute approximate surface area is 120 Å². The Morgan fingerprint density at radius 2 is 1.70 bits per heavy atom. The average Bonchev–Trinajstić information content (AvgIpc) is 2.66. The number of amides is 1. The SMILES string of the molecule is O=C(CC1(C(=O)O)CCCCCC1)NC1CCOCC1. The summed E-state index contributed by atoms with van der Waals surface area (Å²) in [5.74, 6) is -0.914. The van der Waals surface area contributed by atoms with Crippen LogP contribution in [0.3, 0.4) is 0 Å². The van der Waals surface area contributed by atoms with Gasteiger partial charge < -0.3 is 15.2 Å². The molecule has 1 heterocycles. The molecule has 1 aliphatic carbocycles. The summed E-state index contributed by atoms with van der Waals surface area (Å²) >= 11 is 0. The Balaban J connectivity index is 1.92. The molecule has 1 saturated heterocycles. The summed E-state index contributed by atoms with van der Waals surface area (Å²) in [7, 11) is 0. The lowest BCUT2D eigenvalue weighted by atomic mass is 9.77. The van der Waals surface area contributed by atoms with Crippen LogP contribution in [0.5, 0.6) is 0 Å². The molecule has 2 N–H and O–H groups in total. The molecule has 114 valence electrons. The van der Waals surface area contributed by atoms with E-state index < -0.39 is 11.4 Å². The van der Waals surface area contributed by atoms with Crippen LogP contribution in [0.25, 0.3) is 0 Å². The maximum atomic E-state index is 12.2. The van der Waals surface area contributed by atoms with Crippen molar-refractivity contribution in [3.8, 4) is 0 Å². The van der Waals surface area contributed by atoms with E-state index in [0.717, 1.165) is 38.5 Å². The molecule has 2 aliphatic rings. The maximum absolute atomic E-state index is 12.2. The molecule has 2 rings (SSSR count). The number of aliphatic carboxylic acids is 1. The van der Waals surface area contributed by atoms with Gasteiger partial charge in [0.05, 0.1) is 5.41 Å². The molecule has 5 heteroatoms. The van der Waals surface area contributed by atoms with Crippen LogP contribution in [-0.4, -0.2) is 36.2 Å². The molecule has 20 heavy (non-hydrogen) atoms. The second-order valence-electron chi connectivity index (χ2n) is 6.13. The highest BCUT2D eigenvalue weighted by molar-refractivity contribution is 5.85. The predicted octanol–water partition coefficient (Wildman–Crippen LogP) is 2.10. The summed E-state index contributed by atoms with van der Waals surface area (Å²) < 4.78 is 5.26. The Bertz CT molecular complexity index is 342. The van der Waals surface area contributed by atoms with Crippen LogP contribution < -0.4 is 5.32 Å². The van der Waals surface area contributed by atoms with Crippen molar-refractivity contribution < 1.29 is 19.4 Å². The minimum atomic E-state index is -0.842. The van der Waals surface area contributed by atoms with Crippen LogP contribution >= 0.6 is 0 Å². The number of ether oxygens (including phenoxy) is 1. The molecule has 1 aliphatic heterocycles. The smallest absolute Gasteiger partial charge is 0.310 e. The van der Waals surface area contributed by atoms with Crippen molar-refractivity contribution in [2.75, 3.05) is 13.2 Å². The molecule has 0 aromatic carbocycles. The fourth-order valence-corrected chi connectivity index (χ4v) is 3.30. The Morgan fingerprint density at radius 1 is 1.10 bits per heavy atom. The van der Waals surface area contributed by atoms with Gasteiger partial charge in [0.15, 0.2) is 0 Å². The summed E-state index contributed by atoms with van der Waals surface area (Å²) in [6.07, 6.45) is 7.02. The third-order valence-electron chi connectivity index (χ3n) is 4.60. The van der Waals surface area contributed by atoms with E-state index in [4.69, 9.17) is 4.74 Å². The summed E-state index contributed by atoms with van der Waals surface area (Å²) in [6, 6.07) is 0.146. The van der Waals surface area contributed by atoms with Gasteiger partial charge in [0, 0.05) is 25.7 Å². The standard InChI is InChI=1S/C15H25NO4/c17-13(16-12-5-9-20-10-6-12)11-15(14(18)19)7-3-1-2-4-8-15/h12H,1-11H2,(H,16,17)(H,18,19). The second-order valence-corrected chi connectivity index (χ2v) is 6.13. The van der Waals surface area contributed by atoms with Crippen molar-refractivity contribution in [1.29, 1.82) is 0 Å². The quantitative estimate of drug-likeness (QED) is 0.775. The van der Waals surface area contributed by atoms with E-state index in [0.29, 0.717) is 26.1 Å². The van der Waals surface area contributed by atoms with Gasteiger partial charge in [-0.1, -0.05) is 25.7 Å². The largest absolute Gasteiger partial charge is 0.481 e. The van der Waals surface area contributed by atoms with E-state index in [1.807, 2.05) is 0 Å². The minimum Gasteiger partial charge on any atom is -0.481 e. The topological polar surface area (TPSA) is 75.6 Å². The van der Waals surface area contributed by atoms with Crippen LogP contribution in [0.1, 0.15) is 57.8 Å². The molecule has 1 saturated carbocycles. The van der Waals surface area contributed by atoms with Crippen LogP contribution in [0.15, 0.2) is 0 Å². The average molecular weight is 283 g/mol. The van der Waals surface area contributed by atoms with Gasteiger partial charge >= 0.3 is 5.97 Å². The highest BCUT2D eigenvalue weighted by Gasteiger charge is 2.40. The normalized spacial score (nSPS) is 23.8. The summed E-state index contributed by atoms with van der Waals surface area (Å²) in [5.41, 5.74) is -0.842. The first-order valence-corrected chi connectivity index (χ1v) is 7.73. The molecule has 0 aromatic rings. The van der Waals surface area contributed by atoms with Crippen LogP contribution in [0.4, 0.5) is 0 Å². The van der Waals surface area contributed by atoms with Crippen LogP contribution in [-0.2, 0) is 14.3 Å². The second kappa shape index (κ2) is 7.07. The Morgan fingerprint density at radius 3 is 2.25 bits per heavy atom. The third kappa shape index (κ3) is 3.95. The number of hydrogen-bond acceptors (Lipinski definition) is 3. The molecule has 0 atom stereocenters. The number of rotatable bonds is 4. The lowest BCUT2D eigenvalue weighted by Gasteiger charge is -2.29. The molecule has 5 nitrogen and oxygen atoms in total. The lowest BCUT2D eigenvalue weighted by Crippen LogP contribution is -2.43. The number of hydrogen-bond donors (Lipinski definition) is 2. The fraction of sp³-hybridized carbons (Fsp3) is 0.867. The third-order valence-corrected chi connectivity index (χ3v) is 4.60. The van der Waals surface area contributed by atoms with Crippen molar-refractivity contribution in [2.45, 2.75) is 63.8 Å². The van der Waals surface area contributed by atoms with Crippen molar-refractivity contribution >= 4 is 11.9 Å². The highest BCUT2D eigenvalue weighted by Crippen LogP contribution is 2.38. The van der Waals surface area contributed by atoms with E-state index >= 15 is 0 Å². The van der Waals surface area contributed by atoms with Crippen LogP contribution in [0, 0.1) is 5.41 Å². The van der Waals surface area contributed by atoms with Crippen molar-refractivity contribution in [1.82, 2.24) is 5.32 Å². The molecule has 0 bridgehead atoms. The zero-order chi connectivity index (χ0) is 14.4. The number of carbonyl (C=O) groups is 2. The molecule has 1 amide bonds. The van der Waals surface area contributed by atoms with Crippen molar-refractivity contribution in [3.05, 3.63) is 0 Å². The molecule has 0 spiro atoms. The first-order chi connectivity index (χ1) is 9.62. The van der Waals surface area contributed by atoms with Gasteiger partial charge in [-0.2, -0.15) is 0 Å². The van der Waals surface area contributed by atoms with Gasteiger partial charge in [0.25, 0.3) is 0 Å². The lowest BCUT2D eigenvalue weighted by molar-refractivity contribution is -0.153. The van der Waals surface area contributed by atoms with Crippen molar-refractivity contribution in [3.63, 3.8) is 0 Å².